The van der Waals surface area contributed by atoms with Gasteiger partial charge in [-0.25, -0.2) is 0 Å². The number of hydrogen-bond donors (Lipinski definition) is 0. The van der Waals surface area contributed by atoms with Crippen molar-refractivity contribution in [2.75, 3.05) is 20.6 Å². The second kappa shape index (κ2) is 5.87. The van der Waals surface area contributed by atoms with Crippen LogP contribution in [0.1, 0.15) is 17.7 Å². The summed E-state index contributed by atoms with van der Waals surface area (Å²) in [5.41, 5.74) is 2.60. The first-order chi connectivity index (χ1) is 8.66. The van der Waals surface area contributed by atoms with Crippen molar-refractivity contribution in [3.63, 3.8) is 0 Å². The average Bonchev–Trinajstić information content (AvgIpc) is 2.76. The SMILES string of the molecule is Cc1ccc(-c2ccccc2CCCN(C)C)o1. The van der Waals surface area contributed by atoms with Crippen LogP contribution in [0.25, 0.3) is 11.3 Å². The number of nitrogens with zero attached hydrogens (tertiary/aromatic N) is 1. The van der Waals surface area contributed by atoms with E-state index in [1.54, 1.807) is 0 Å². The molecule has 0 amide bonds. The Balaban J connectivity index is 2.15. The van der Waals surface area contributed by atoms with Crippen molar-refractivity contribution < 1.29 is 4.42 Å². The van der Waals surface area contributed by atoms with Gasteiger partial charge in [-0.2, -0.15) is 0 Å². The minimum absolute atomic E-state index is 0.966. The minimum atomic E-state index is 0.966. The van der Waals surface area contributed by atoms with Crippen LogP contribution in [0.3, 0.4) is 0 Å². The van der Waals surface area contributed by atoms with Gasteiger partial charge in [0.25, 0.3) is 0 Å². The second-order valence-electron chi connectivity index (χ2n) is 4.97. The predicted molar refractivity (Wildman–Crippen MR) is 75.8 cm³/mol. The molecule has 18 heavy (non-hydrogen) atoms. The molecule has 1 aromatic heterocycles. The van der Waals surface area contributed by atoms with Gasteiger partial charge >= 0.3 is 0 Å². The van der Waals surface area contributed by atoms with E-state index < -0.39 is 0 Å². The van der Waals surface area contributed by atoms with Crippen molar-refractivity contribution in [2.45, 2.75) is 19.8 Å². The van der Waals surface area contributed by atoms with Gasteiger partial charge in [0.15, 0.2) is 0 Å². The molecule has 96 valence electrons. The van der Waals surface area contributed by atoms with E-state index in [1.165, 1.54) is 17.5 Å². The Morgan fingerprint density at radius 3 is 2.50 bits per heavy atom. The molecule has 2 nitrogen and oxygen atoms in total. The lowest BCUT2D eigenvalue weighted by Crippen LogP contribution is -2.13. The third kappa shape index (κ3) is 3.23. The number of aryl methyl sites for hydroxylation is 2. The van der Waals surface area contributed by atoms with Crippen LogP contribution in [0.15, 0.2) is 40.8 Å². The molecule has 1 aromatic carbocycles. The summed E-state index contributed by atoms with van der Waals surface area (Å²) in [5, 5.41) is 0. The molecule has 0 spiro atoms. The van der Waals surface area contributed by atoms with Crippen molar-refractivity contribution in [3.8, 4) is 11.3 Å². The van der Waals surface area contributed by atoms with E-state index in [2.05, 4.69) is 49.3 Å². The fourth-order valence-corrected chi connectivity index (χ4v) is 2.14. The largest absolute Gasteiger partial charge is 0.461 e. The van der Waals surface area contributed by atoms with Crippen LogP contribution in [0.4, 0.5) is 0 Å². The van der Waals surface area contributed by atoms with E-state index in [0.717, 1.165) is 24.5 Å². The highest BCUT2D eigenvalue weighted by atomic mass is 16.3. The third-order valence-corrected chi connectivity index (χ3v) is 3.07. The van der Waals surface area contributed by atoms with Gasteiger partial charge in [0.1, 0.15) is 11.5 Å². The van der Waals surface area contributed by atoms with Crippen LogP contribution in [0, 0.1) is 6.92 Å². The van der Waals surface area contributed by atoms with Crippen LogP contribution < -0.4 is 0 Å². The highest BCUT2D eigenvalue weighted by Crippen LogP contribution is 2.26. The monoisotopic (exact) mass is 243 g/mol. The topological polar surface area (TPSA) is 16.4 Å². The zero-order chi connectivity index (χ0) is 13.0. The summed E-state index contributed by atoms with van der Waals surface area (Å²) in [6, 6.07) is 12.6. The predicted octanol–water partition coefficient (Wildman–Crippen LogP) is 3.75. The van der Waals surface area contributed by atoms with Gasteiger partial charge in [-0.1, -0.05) is 24.3 Å². The molecule has 0 fully saturated rings. The Hall–Kier alpha value is -1.54. The van der Waals surface area contributed by atoms with Crippen LogP contribution in [0.2, 0.25) is 0 Å². The van der Waals surface area contributed by atoms with Crippen molar-refractivity contribution in [1.29, 1.82) is 0 Å². The molecular weight excluding hydrogens is 222 g/mol. The Labute approximate surface area is 109 Å². The summed E-state index contributed by atoms with van der Waals surface area (Å²) in [5.74, 6) is 1.95. The highest BCUT2D eigenvalue weighted by molar-refractivity contribution is 5.62. The van der Waals surface area contributed by atoms with E-state index in [9.17, 15) is 0 Å². The maximum Gasteiger partial charge on any atom is 0.134 e. The number of hydrogen-bond acceptors (Lipinski definition) is 2. The lowest BCUT2D eigenvalue weighted by Gasteiger charge is -2.11. The molecular formula is C16H21NO. The summed E-state index contributed by atoms with van der Waals surface area (Å²) in [6.07, 6.45) is 2.26. The maximum absolute atomic E-state index is 5.73. The highest BCUT2D eigenvalue weighted by Gasteiger charge is 2.07. The van der Waals surface area contributed by atoms with Gasteiger partial charge in [-0.05, 0) is 58.1 Å². The second-order valence-corrected chi connectivity index (χ2v) is 4.97. The summed E-state index contributed by atoms with van der Waals surface area (Å²) in [4.78, 5) is 2.22. The fourth-order valence-electron chi connectivity index (χ4n) is 2.14. The molecule has 0 aliphatic carbocycles. The first-order valence-corrected chi connectivity index (χ1v) is 6.46. The van der Waals surface area contributed by atoms with Crippen LogP contribution in [-0.2, 0) is 6.42 Å². The quantitative estimate of drug-likeness (QED) is 0.795. The van der Waals surface area contributed by atoms with E-state index >= 15 is 0 Å². The van der Waals surface area contributed by atoms with Gasteiger partial charge in [0, 0.05) is 5.56 Å². The van der Waals surface area contributed by atoms with E-state index in [-0.39, 0.29) is 0 Å². The summed E-state index contributed by atoms with van der Waals surface area (Å²) in [7, 11) is 4.23. The molecule has 0 radical (unpaired) electrons. The van der Waals surface area contributed by atoms with E-state index in [1.807, 2.05) is 13.0 Å². The standard InChI is InChI=1S/C16H21NO/c1-13-10-11-16(18-13)15-9-5-4-7-14(15)8-6-12-17(2)3/h4-5,7,9-11H,6,8,12H2,1-3H3. The number of rotatable bonds is 5. The first kappa shape index (κ1) is 12.9. The molecule has 0 aliphatic heterocycles. The van der Waals surface area contributed by atoms with Crippen LogP contribution in [-0.4, -0.2) is 25.5 Å². The van der Waals surface area contributed by atoms with Crippen LogP contribution in [0.5, 0.6) is 0 Å². The molecule has 1 heterocycles. The molecule has 0 aliphatic rings. The summed E-state index contributed by atoms with van der Waals surface area (Å²) >= 11 is 0. The lowest BCUT2D eigenvalue weighted by atomic mass is 10.0. The normalized spacial score (nSPS) is 11.1. The van der Waals surface area contributed by atoms with Gasteiger partial charge < -0.3 is 9.32 Å². The summed E-state index contributed by atoms with van der Waals surface area (Å²) < 4.78 is 5.73. The fraction of sp³-hybridized carbons (Fsp3) is 0.375. The zero-order valence-electron chi connectivity index (χ0n) is 11.4. The molecule has 2 aromatic rings. The Kier molecular flexibility index (Phi) is 4.21. The van der Waals surface area contributed by atoms with E-state index in [4.69, 9.17) is 4.42 Å². The molecule has 0 saturated carbocycles. The van der Waals surface area contributed by atoms with Gasteiger partial charge in [-0.3, -0.25) is 0 Å². The van der Waals surface area contributed by atoms with Gasteiger partial charge in [-0.15, -0.1) is 0 Å². The first-order valence-electron chi connectivity index (χ1n) is 6.46. The molecule has 0 bridgehead atoms. The minimum Gasteiger partial charge on any atom is -0.461 e. The van der Waals surface area contributed by atoms with Crippen molar-refractivity contribution >= 4 is 0 Å². The third-order valence-electron chi connectivity index (χ3n) is 3.07. The van der Waals surface area contributed by atoms with E-state index in [0.29, 0.717) is 0 Å². The zero-order valence-corrected chi connectivity index (χ0v) is 11.4. The molecule has 0 saturated heterocycles. The summed E-state index contributed by atoms with van der Waals surface area (Å²) in [6.45, 7) is 3.10. The Morgan fingerprint density at radius 2 is 1.83 bits per heavy atom. The molecule has 0 N–H and O–H groups in total. The van der Waals surface area contributed by atoms with Gasteiger partial charge in [0.05, 0.1) is 0 Å². The molecule has 0 atom stereocenters. The lowest BCUT2D eigenvalue weighted by molar-refractivity contribution is 0.400. The number of furan rings is 1. The molecule has 2 heteroatoms. The van der Waals surface area contributed by atoms with Crippen molar-refractivity contribution in [3.05, 3.63) is 47.7 Å². The smallest absolute Gasteiger partial charge is 0.134 e. The average molecular weight is 243 g/mol. The Bertz CT molecular complexity index is 499. The Morgan fingerprint density at radius 1 is 1.06 bits per heavy atom. The van der Waals surface area contributed by atoms with Gasteiger partial charge in [0.2, 0.25) is 0 Å². The van der Waals surface area contributed by atoms with Crippen molar-refractivity contribution in [2.24, 2.45) is 0 Å². The van der Waals surface area contributed by atoms with Crippen LogP contribution >= 0.6 is 0 Å². The number of benzene rings is 1. The molecule has 2 rings (SSSR count). The molecule has 0 unspecified atom stereocenters. The van der Waals surface area contributed by atoms with Crippen molar-refractivity contribution in [1.82, 2.24) is 4.90 Å². The maximum atomic E-state index is 5.73.